The first-order valence-electron chi connectivity index (χ1n) is 6.54. The standard InChI is InChI=1S/C14H20N2O3/c1-19-11-5-2-4-10(8-11)13(17)9-16-14(18)12-6-3-7-15-12/h2,4-5,8,12-13,15,17H,3,6-7,9H2,1H3,(H,16,18). The van der Waals surface area contributed by atoms with E-state index in [9.17, 15) is 9.90 Å². The lowest BCUT2D eigenvalue weighted by Gasteiger charge is -2.15. The lowest BCUT2D eigenvalue weighted by atomic mass is 10.1. The molecule has 3 N–H and O–H groups in total. The maximum atomic E-state index is 11.8. The molecule has 1 aliphatic heterocycles. The highest BCUT2D eigenvalue weighted by molar-refractivity contribution is 5.82. The Hall–Kier alpha value is -1.59. The highest BCUT2D eigenvalue weighted by Crippen LogP contribution is 2.18. The second kappa shape index (κ2) is 6.54. The third kappa shape index (κ3) is 3.68. The minimum absolute atomic E-state index is 0.0422. The Kier molecular flexibility index (Phi) is 4.76. The molecule has 0 bridgehead atoms. The van der Waals surface area contributed by atoms with Crippen molar-refractivity contribution in [2.45, 2.75) is 25.0 Å². The van der Waals surface area contributed by atoms with Crippen LogP contribution in [0.5, 0.6) is 5.75 Å². The third-order valence-corrected chi connectivity index (χ3v) is 3.33. The lowest BCUT2D eigenvalue weighted by Crippen LogP contribution is -2.41. The normalized spacial score (nSPS) is 20.0. The minimum Gasteiger partial charge on any atom is -0.497 e. The number of nitrogens with one attached hydrogen (secondary N) is 2. The topological polar surface area (TPSA) is 70.6 Å². The molecule has 1 fully saturated rings. The summed E-state index contributed by atoms with van der Waals surface area (Å²) in [6.45, 7) is 1.10. The minimum atomic E-state index is -0.722. The van der Waals surface area contributed by atoms with Gasteiger partial charge < -0.3 is 20.5 Å². The van der Waals surface area contributed by atoms with E-state index in [0.717, 1.165) is 24.9 Å². The van der Waals surface area contributed by atoms with Crippen LogP contribution in [0, 0.1) is 0 Å². The highest BCUT2D eigenvalue weighted by Gasteiger charge is 2.22. The van der Waals surface area contributed by atoms with Gasteiger partial charge in [-0.1, -0.05) is 12.1 Å². The number of benzene rings is 1. The molecule has 1 amide bonds. The molecule has 0 radical (unpaired) electrons. The van der Waals surface area contributed by atoms with Gasteiger partial charge in [0.05, 0.1) is 19.3 Å². The number of carbonyl (C=O) groups is 1. The van der Waals surface area contributed by atoms with Crippen LogP contribution in [0.1, 0.15) is 24.5 Å². The zero-order chi connectivity index (χ0) is 13.7. The summed E-state index contributed by atoms with van der Waals surface area (Å²) in [5, 5.41) is 15.9. The maximum Gasteiger partial charge on any atom is 0.237 e. The number of methoxy groups -OCH3 is 1. The van der Waals surface area contributed by atoms with Gasteiger partial charge in [-0.05, 0) is 37.1 Å². The molecule has 0 saturated carbocycles. The summed E-state index contributed by atoms with van der Waals surface area (Å²) < 4.78 is 5.10. The van der Waals surface area contributed by atoms with Crippen molar-refractivity contribution in [2.75, 3.05) is 20.2 Å². The Morgan fingerprint density at radius 3 is 3.16 bits per heavy atom. The van der Waals surface area contributed by atoms with E-state index in [1.807, 2.05) is 18.2 Å². The van der Waals surface area contributed by atoms with Gasteiger partial charge in [0.15, 0.2) is 0 Å². The van der Waals surface area contributed by atoms with E-state index >= 15 is 0 Å². The fraction of sp³-hybridized carbons (Fsp3) is 0.500. The van der Waals surface area contributed by atoms with Gasteiger partial charge in [0.25, 0.3) is 0 Å². The molecule has 5 heteroatoms. The molecule has 2 atom stereocenters. The van der Waals surface area contributed by atoms with E-state index in [4.69, 9.17) is 4.74 Å². The van der Waals surface area contributed by atoms with Gasteiger partial charge in [-0.15, -0.1) is 0 Å². The molecular weight excluding hydrogens is 244 g/mol. The molecule has 0 spiro atoms. The Balaban J connectivity index is 1.86. The zero-order valence-electron chi connectivity index (χ0n) is 11.1. The van der Waals surface area contributed by atoms with Crippen molar-refractivity contribution in [1.29, 1.82) is 0 Å². The molecule has 1 aliphatic rings. The van der Waals surface area contributed by atoms with Gasteiger partial charge in [0.2, 0.25) is 5.91 Å². The van der Waals surface area contributed by atoms with E-state index in [0.29, 0.717) is 5.75 Å². The van der Waals surface area contributed by atoms with Crippen molar-refractivity contribution >= 4 is 5.91 Å². The Bertz CT molecular complexity index is 430. The zero-order valence-corrected chi connectivity index (χ0v) is 11.1. The summed E-state index contributed by atoms with van der Waals surface area (Å²) in [6.07, 6.45) is 1.16. The summed E-state index contributed by atoms with van der Waals surface area (Å²) in [7, 11) is 1.58. The van der Waals surface area contributed by atoms with E-state index in [1.165, 1.54) is 0 Å². The fourth-order valence-corrected chi connectivity index (χ4v) is 2.20. The van der Waals surface area contributed by atoms with Crippen LogP contribution in [-0.4, -0.2) is 37.3 Å². The van der Waals surface area contributed by atoms with Crippen LogP contribution in [0.25, 0.3) is 0 Å². The van der Waals surface area contributed by atoms with Crippen LogP contribution in [0.15, 0.2) is 24.3 Å². The summed E-state index contributed by atoms with van der Waals surface area (Å²) in [5.41, 5.74) is 0.735. The van der Waals surface area contributed by atoms with Crippen LogP contribution in [0.3, 0.4) is 0 Å². The van der Waals surface area contributed by atoms with Crippen molar-refractivity contribution in [1.82, 2.24) is 10.6 Å². The molecule has 0 aromatic heterocycles. The molecule has 19 heavy (non-hydrogen) atoms. The average molecular weight is 264 g/mol. The van der Waals surface area contributed by atoms with E-state index in [-0.39, 0.29) is 18.5 Å². The predicted octanol–water partition coefficient (Wildman–Crippen LogP) is 0.597. The quantitative estimate of drug-likeness (QED) is 0.728. The lowest BCUT2D eigenvalue weighted by molar-refractivity contribution is -0.123. The molecule has 0 aliphatic carbocycles. The van der Waals surface area contributed by atoms with Crippen LogP contribution in [0.2, 0.25) is 0 Å². The molecule has 1 aromatic carbocycles. The van der Waals surface area contributed by atoms with Gasteiger partial charge in [-0.25, -0.2) is 0 Å². The van der Waals surface area contributed by atoms with Crippen molar-refractivity contribution < 1.29 is 14.6 Å². The molecule has 104 valence electrons. The summed E-state index contributed by atoms with van der Waals surface area (Å²) in [5.74, 6) is 0.653. The number of aliphatic hydroxyl groups excluding tert-OH is 1. The van der Waals surface area contributed by atoms with Crippen LogP contribution in [0.4, 0.5) is 0 Å². The highest BCUT2D eigenvalue weighted by atomic mass is 16.5. The van der Waals surface area contributed by atoms with Gasteiger partial charge in [-0.3, -0.25) is 4.79 Å². The summed E-state index contributed by atoms with van der Waals surface area (Å²) >= 11 is 0. The first-order chi connectivity index (χ1) is 9.20. The number of rotatable bonds is 5. The summed E-state index contributed by atoms with van der Waals surface area (Å²) in [6, 6.07) is 7.10. The van der Waals surface area contributed by atoms with E-state index in [2.05, 4.69) is 10.6 Å². The molecule has 2 unspecified atom stereocenters. The molecular formula is C14H20N2O3. The number of ether oxygens (including phenoxy) is 1. The first-order valence-corrected chi connectivity index (χ1v) is 6.54. The second-order valence-corrected chi connectivity index (χ2v) is 4.69. The van der Waals surface area contributed by atoms with Gasteiger partial charge in [-0.2, -0.15) is 0 Å². The predicted molar refractivity (Wildman–Crippen MR) is 72.0 cm³/mol. The Morgan fingerprint density at radius 2 is 2.47 bits per heavy atom. The van der Waals surface area contributed by atoms with Crippen LogP contribution in [-0.2, 0) is 4.79 Å². The van der Waals surface area contributed by atoms with Crippen LogP contribution >= 0.6 is 0 Å². The molecule has 5 nitrogen and oxygen atoms in total. The summed E-state index contributed by atoms with van der Waals surface area (Å²) in [4.78, 5) is 11.8. The molecule has 2 rings (SSSR count). The molecule has 1 heterocycles. The Labute approximate surface area is 113 Å². The monoisotopic (exact) mass is 264 g/mol. The third-order valence-electron chi connectivity index (χ3n) is 3.33. The van der Waals surface area contributed by atoms with Crippen molar-refractivity contribution in [2.24, 2.45) is 0 Å². The van der Waals surface area contributed by atoms with Crippen molar-refractivity contribution in [3.8, 4) is 5.75 Å². The fourth-order valence-electron chi connectivity index (χ4n) is 2.20. The number of carbonyl (C=O) groups excluding carboxylic acids is 1. The second-order valence-electron chi connectivity index (χ2n) is 4.69. The smallest absolute Gasteiger partial charge is 0.237 e. The van der Waals surface area contributed by atoms with Gasteiger partial charge in [0.1, 0.15) is 5.75 Å². The first kappa shape index (κ1) is 13.8. The number of aliphatic hydroxyl groups is 1. The van der Waals surface area contributed by atoms with Crippen molar-refractivity contribution in [3.05, 3.63) is 29.8 Å². The van der Waals surface area contributed by atoms with E-state index < -0.39 is 6.10 Å². The van der Waals surface area contributed by atoms with Gasteiger partial charge in [0, 0.05) is 6.54 Å². The number of hydrogen-bond donors (Lipinski definition) is 3. The SMILES string of the molecule is COc1cccc(C(O)CNC(=O)C2CCCN2)c1. The van der Waals surface area contributed by atoms with Gasteiger partial charge >= 0.3 is 0 Å². The average Bonchev–Trinajstić information content (AvgIpc) is 2.98. The van der Waals surface area contributed by atoms with E-state index in [1.54, 1.807) is 13.2 Å². The maximum absolute atomic E-state index is 11.8. The molecule has 1 saturated heterocycles. The Morgan fingerprint density at radius 1 is 1.63 bits per heavy atom. The molecule has 1 aromatic rings. The number of hydrogen-bond acceptors (Lipinski definition) is 4. The largest absolute Gasteiger partial charge is 0.497 e. The van der Waals surface area contributed by atoms with Crippen LogP contribution < -0.4 is 15.4 Å². The number of amides is 1. The van der Waals surface area contributed by atoms with Crippen molar-refractivity contribution in [3.63, 3.8) is 0 Å².